The average Bonchev–Trinajstić information content (AvgIpc) is 3.19. The van der Waals surface area contributed by atoms with Crippen molar-refractivity contribution in [3.05, 3.63) is 61.9 Å². The summed E-state index contributed by atoms with van der Waals surface area (Å²) in [6, 6.07) is 7.93. The van der Waals surface area contributed by atoms with E-state index in [9.17, 15) is 14.4 Å². The molecule has 1 spiro atoms. The van der Waals surface area contributed by atoms with E-state index in [1.807, 2.05) is 36.1 Å². The van der Waals surface area contributed by atoms with Crippen molar-refractivity contribution in [1.82, 2.24) is 19.2 Å². The summed E-state index contributed by atoms with van der Waals surface area (Å²) in [6.45, 7) is 3.78. The van der Waals surface area contributed by atoms with Crippen LogP contribution in [-0.2, 0) is 31.2 Å². The maximum Gasteiger partial charge on any atom is 0.332 e. The Balaban J connectivity index is 1.52. The number of fused-ring (bicyclic) bond motifs is 1. The van der Waals surface area contributed by atoms with Gasteiger partial charge in [-0.25, -0.2) is 4.68 Å². The van der Waals surface area contributed by atoms with E-state index in [1.165, 1.54) is 11.6 Å². The number of hydrogen-bond donors (Lipinski definition) is 0. The molecule has 0 aliphatic carbocycles. The van der Waals surface area contributed by atoms with E-state index in [1.54, 1.807) is 0 Å². The molecule has 1 aromatic heterocycles. The third-order valence-corrected chi connectivity index (χ3v) is 5.72. The summed E-state index contributed by atoms with van der Waals surface area (Å²) < 4.78 is 2.61. The smallest absolute Gasteiger partial charge is 0.332 e. The molecule has 0 unspecified atom stereocenters. The van der Waals surface area contributed by atoms with Crippen molar-refractivity contribution in [2.75, 3.05) is 13.1 Å². The molecule has 3 heterocycles. The molecule has 0 bridgehead atoms. The fourth-order valence-electron chi connectivity index (χ4n) is 4.17. The van der Waals surface area contributed by atoms with Gasteiger partial charge in [0.15, 0.2) is 0 Å². The SMILES string of the molecule is Cc1ccccc1CC(=O)N1CC[C@@]2(Cc3nn(C)c(=O)c(=O)n3C2)C1. The van der Waals surface area contributed by atoms with Gasteiger partial charge in [-0.3, -0.25) is 19.0 Å². The number of likely N-dealkylation sites (tertiary alicyclic amines) is 1. The van der Waals surface area contributed by atoms with Crippen LogP contribution in [-0.4, -0.2) is 38.2 Å². The summed E-state index contributed by atoms with van der Waals surface area (Å²) in [7, 11) is 1.50. The zero-order valence-electron chi connectivity index (χ0n) is 15.1. The number of nitrogens with zero attached hydrogens (tertiary/aromatic N) is 4. The molecule has 2 aromatic rings. The number of rotatable bonds is 2. The zero-order valence-corrected chi connectivity index (χ0v) is 15.1. The molecular weight excluding hydrogens is 332 g/mol. The fourth-order valence-corrected chi connectivity index (χ4v) is 4.17. The molecule has 7 heteroatoms. The molecule has 2 aliphatic heterocycles. The molecular formula is C19H22N4O3. The first-order valence-electron chi connectivity index (χ1n) is 8.88. The van der Waals surface area contributed by atoms with Crippen molar-refractivity contribution in [3.63, 3.8) is 0 Å². The van der Waals surface area contributed by atoms with E-state index < -0.39 is 11.1 Å². The topological polar surface area (TPSA) is 77.2 Å². The van der Waals surface area contributed by atoms with Gasteiger partial charge in [0.2, 0.25) is 5.91 Å². The molecule has 1 aromatic carbocycles. The highest BCUT2D eigenvalue weighted by Gasteiger charge is 2.45. The third-order valence-electron chi connectivity index (χ3n) is 5.72. The molecule has 26 heavy (non-hydrogen) atoms. The van der Waals surface area contributed by atoms with Crippen LogP contribution in [0.15, 0.2) is 33.9 Å². The van der Waals surface area contributed by atoms with Gasteiger partial charge in [0, 0.05) is 38.5 Å². The molecule has 1 atom stereocenters. The Bertz CT molecular complexity index is 1010. The van der Waals surface area contributed by atoms with Gasteiger partial charge in [0.1, 0.15) is 5.82 Å². The Kier molecular flexibility index (Phi) is 3.82. The predicted molar refractivity (Wildman–Crippen MR) is 96.0 cm³/mol. The standard InChI is InChI=1S/C19H22N4O3/c1-13-5-3-4-6-14(13)9-16(24)22-8-7-19(11-22)10-15-20-21(2)17(25)18(26)23(15)12-19/h3-6H,7-12H2,1-2H3/t19-/m1/s1. The lowest BCUT2D eigenvalue weighted by Gasteiger charge is -2.23. The maximum absolute atomic E-state index is 12.7. The van der Waals surface area contributed by atoms with Gasteiger partial charge in [0.05, 0.1) is 6.42 Å². The molecule has 136 valence electrons. The molecule has 1 amide bonds. The van der Waals surface area contributed by atoms with Crippen molar-refractivity contribution in [2.24, 2.45) is 12.5 Å². The first-order valence-corrected chi connectivity index (χ1v) is 8.88. The van der Waals surface area contributed by atoms with Gasteiger partial charge in [0.25, 0.3) is 0 Å². The summed E-state index contributed by atoms with van der Waals surface area (Å²) in [5.41, 5.74) is 0.875. The number of aryl methyl sites for hydroxylation is 2. The van der Waals surface area contributed by atoms with Crippen molar-refractivity contribution in [1.29, 1.82) is 0 Å². The van der Waals surface area contributed by atoms with Crippen LogP contribution in [0.4, 0.5) is 0 Å². The summed E-state index contributed by atoms with van der Waals surface area (Å²) in [4.78, 5) is 38.7. The Hall–Kier alpha value is -2.70. The number of amides is 1. The molecule has 4 rings (SSSR count). The minimum Gasteiger partial charge on any atom is -0.342 e. The minimum absolute atomic E-state index is 0.113. The molecule has 1 saturated heterocycles. The first kappa shape index (κ1) is 16.8. The molecule has 0 saturated carbocycles. The van der Waals surface area contributed by atoms with Gasteiger partial charge in [-0.15, -0.1) is 0 Å². The van der Waals surface area contributed by atoms with Gasteiger partial charge >= 0.3 is 11.1 Å². The lowest BCUT2D eigenvalue weighted by atomic mass is 9.86. The number of carbonyl (C=O) groups is 1. The largest absolute Gasteiger partial charge is 0.342 e. The number of benzene rings is 1. The second-order valence-electron chi connectivity index (χ2n) is 7.58. The van der Waals surface area contributed by atoms with Crippen molar-refractivity contribution in [3.8, 4) is 0 Å². The molecule has 0 radical (unpaired) electrons. The lowest BCUT2D eigenvalue weighted by molar-refractivity contribution is -0.129. The predicted octanol–water partition coefficient (Wildman–Crippen LogP) is 0.268. The molecule has 0 N–H and O–H groups in total. The lowest BCUT2D eigenvalue weighted by Crippen LogP contribution is -2.42. The van der Waals surface area contributed by atoms with Crippen LogP contribution in [0, 0.1) is 12.3 Å². The highest BCUT2D eigenvalue weighted by molar-refractivity contribution is 5.79. The van der Waals surface area contributed by atoms with Crippen LogP contribution >= 0.6 is 0 Å². The van der Waals surface area contributed by atoms with Crippen LogP contribution < -0.4 is 11.1 Å². The van der Waals surface area contributed by atoms with E-state index in [4.69, 9.17) is 0 Å². The molecule has 1 fully saturated rings. The van der Waals surface area contributed by atoms with Crippen LogP contribution in [0.5, 0.6) is 0 Å². The molecule has 7 nitrogen and oxygen atoms in total. The maximum atomic E-state index is 12.7. The third kappa shape index (κ3) is 2.67. The van der Waals surface area contributed by atoms with Crippen LogP contribution in [0.2, 0.25) is 0 Å². The minimum atomic E-state index is -0.601. The van der Waals surface area contributed by atoms with Crippen molar-refractivity contribution in [2.45, 2.75) is 32.7 Å². The van der Waals surface area contributed by atoms with E-state index >= 15 is 0 Å². The molecule has 2 aliphatic rings. The number of aromatic nitrogens is 3. The summed E-state index contributed by atoms with van der Waals surface area (Å²) >= 11 is 0. The van der Waals surface area contributed by atoms with E-state index in [0.29, 0.717) is 38.3 Å². The Morgan fingerprint density at radius 1 is 1.19 bits per heavy atom. The summed E-state index contributed by atoms with van der Waals surface area (Å²) in [6.07, 6.45) is 1.85. The number of hydrogen-bond acceptors (Lipinski definition) is 4. The summed E-state index contributed by atoms with van der Waals surface area (Å²) in [5.74, 6) is 0.757. The Morgan fingerprint density at radius 2 is 1.96 bits per heavy atom. The van der Waals surface area contributed by atoms with Gasteiger partial charge in [-0.2, -0.15) is 5.10 Å². The normalized spacial score (nSPS) is 21.4. The van der Waals surface area contributed by atoms with Gasteiger partial charge in [-0.1, -0.05) is 24.3 Å². The van der Waals surface area contributed by atoms with Gasteiger partial charge < -0.3 is 4.90 Å². The highest BCUT2D eigenvalue weighted by Crippen LogP contribution is 2.39. The van der Waals surface area contributed by atoms with Crippen LogP contribution in [0.1, 0.15) is 23.4 Å². The first-order chi connectivity index (χ1) is 12.4. The van der Waals surface area contributed by atoms with E-state index in [0.717, 1.165) is 22.2 Å². The fraction of sp³-hybridized carbons (Fsp3) is 0.474. The van der Waals surface area contributed by atoms with Crippen LogP contribution in [0.25, 0.3) is 0 Å². The summed E-state index contributed by atoms with van der Waals surface area (Å²) in [5, 5.41) is 4.25. The second kappa shape index (κ2) is 5.93. The van der Waals surface area contributed by atoms with Gasteiger partial charge in [-0.05, 0) is 24.5 Å². The van der Waals surface area contributed by atoms with E-state index in [2.05, 4.69) is 5.10 Å². The Morgan fingerprint density at radius 3 is 2.73 bits per heavy atom. The second-order valence-corrected chi connectivity index (χ2v) is 7.58. The van der Waals surface area contributed by atoms with Crippen LogP contribution in [0.3, 0.4) is 0 Å². The average molecular weight is 354 g/mol. The van der Waals surface area contributed by atoms with E-state index in [-0.39, 0.29) is 11.3 Å². The monoisotopic (exact) mass is 354 g/mol. The van der Waals surface area contributed by atoms with Crippen molar-refractivity contribution >= 4 is 5.91 Å². The number of carbonyl (C=O) groups excluding carboxylic acids is 1. The quantitative estimate of drug-likeness (QED) is 0.726. The zero-order chi connectivity index (χ0) is 18.5. The highest BCUT2D eigenvalue weighted by atomic mass is 16.2. The Labute approximate surface area is 150 Å². The van der Waals surface area contributed by atoms with Crippen molar-refractivity contribution < 1.29 is 4.79 Å².